The van der Waals surface area contributed by atoms with E-state index in [1.54, 1.807) is 0 Å². The van der Waals surface area contributed by atoms with Crippen molar-refractivity contribution in [3.63, 3.8) is 0 Å². The van der Waals surface area contributed by atoms with Gasteiger partial charge >= 0.3 is 6.18 Å². The fourth-order valence-corrected chi connectivity index (χ4v) is 7.37. The fraction of sp³-hybridized carbons (Fsp3) is 0.0244. The van der Waals surface area contributed by atoms with Crippen molar-refractivity contribution in [3.05, 3.63) is 157 Å². The van der Waals surface area contributed by atoms with E-state index in [1.807, 2.05) is 35.6 Å². The van der Waals surface area contributed by atoms with Crippen LogP contribution in [0.3, 0.4) is 0 Å². The zero-order chi connectivity index (χ0) is 30.5. The summed E-state index contributed by atoms with van der Waals surface area (Å²) in [5.41, 5.74) is 7.96. The highest BCUT2D eigenvalue weighted by molar-refractivity contribution is 7.26. The molecule has 8 aromatic rings. The van der Waals surface area contributed by atoms with Gasteiger partial charge in [-0.15, -0.1) is 11.3 Å². The standard InChI is InChI=1S/C41H25F3S/c42-41(43,44)35-22-20-27(21-23-35)26-8-10-28(11-9-26)31-16-18-34-25-32(17-19-33(34)24-31)29-12-14-30(15-13-29)36-5-3-6-38-37-4-1-2-7-39(37)45-40(36)38/h1-25H. The van der Waals surface area contributed by atoms with Crippen LogP contribution in [0.4, 0.5) is 13.2 Å². The summed E-state index contributed by atoms with van der Waals surface area (Å²) >= 11 is 1.85. The van der Waals surface area contributed by atoms with Gasteiger partial charge in [0.2, 0.25) is 0 Å². The van der Waals surface area contributed by atoms with E-state index < -0.39 is 11.7 Å². The van der Waals surface area contributed by atoms with Gasteiger partial charge in [0, 0.05) is 20.2 Å². The van der Waals surface area contributed by atoms with Gasteiger partial charge in [-0.2, -0.15) is 13.2 Å². The van der Waals surface area contributed by atoms with Gasteiger partial charge in [-0.3, -0.25) is 0 Å². The maximum Gasteiger partial charge on any atom is 0.416 e. The van der Waals surface area contributed by atoms with Gasteiger partial charge in [0.25, 0.3) is 0 Å². The molecular formula is C41H25F3S. The highest BCUT2D eigenvalue weighted by atomic mass is 32.1. The summed E-state index contributed by atoms with van der Waals surface area (Å²) < 4.78 is 41.4. The van der Waals surface area contributed by atoms with E-state index in [1.165, 1.54) is 54.6 Å². The van der Waals surface area contributed by atoms with Gasteiger partial charge in [-0.1, -0.05) is 121 Å². The van der Waals surface area contributed by atoms with Crippen LogP contribution >= 0.6 is 11.3 Å². The Bertz CT molecular complexity index is 2330. The maximum atomic E-state index is 12.9. The van der Waals surface area contributed by atoms with E-state index in [2.05, 4.69) is 103 Å². The molecule has 0 radical (unpaired) electrons. The van der Waals surface area contributed by atoms with Gasteiger partial charge in [-0.25, -0.2) is 0 Å². The predicted molar refractivity (Wildman–Crippen MR) is 184 cm³/mol. The third-order valence-electron chi connectivity index (χ3n) is 8.54. The van der Waals surface area contributed by atoms with Gasteiger partial charge < -0.3 is 0 Å². The van der Waals surface area contributed by atoms with Crippen LogP contribution in [-0.4, -0.2) is 0 Å². The molecule has 0 saturated carbocycles. The van der Waals surface area contributed by atoms with Crippen molar-refractivity contribution in [3.8, 4) is 44.5 Å². The molecule has 7 aromatic carbocycles. The second-order valence-electron chi connectivity index (χ2n) is 11.3. The largest absolute Gasteiger partial charge is 0.416 e. The molecule has 0 N–H and O–H groups in total. The first kappa shape index (κ1) is 27.4. The Labute approximate surface area is 262 Å². The summed E-state index contributed by atoms with van der Waals surface area (Å²) in [6.07, 6.45) is -4.33. The molecule has 0 aliphatic rings. The van der Waals surface area contributed by atoms with E-state index in [0.717, 1.165) is 45.2 Å². The van der Waals surface area contributed by atoms with Crippen molar-refractivity contribution >= 4 is 42.3 Å². The van der Waals surface area contributed by atoms with E-state index in [0.29, 0.717) is 0 Å². The quantitative estimate of drug-likeness (QED) is 0.187. The molecule has 0 saturated heterocycles. The molecule has 216 valence electrons. The molecule has 1 heterocycles. The Morgan fingerprint density at radius 2 is 0.867 bits per heavy atom. The predicted octanol–water partition coefficient (Wildman–Crippen LogP) is 12.9. The molecule has 0 spiro atoms. The highest BCUT2D eigenvalue weighted by Crippen LogP contribution is 2.40. The number of benzene rings is 7. The SMILES string of the molecule is FC(F)(F)c1ccc(-c2ccc(-c3ccc4cc(-c5ccc(-c6cccc7c6sc6ccccc67)cc5)ccc4c3)cc2)cc1. The lowest BCUT2D eigenvalue weighted by Crippen LogP contribution is -2.03. The van der Waals surface area contributed by atoms with Crippen molar-refractivity contribution < 1.29 is 13.2 Å². The summed E-state index contributed by atoms with van der Waals surface area (Å²) in [6, 6.07) is 50.3. The number of hydrogen-bond donors (Lipinski definition) is 0. The smallest absolute Gasteiger partial charge is 0.166 e. The summed E-state index contributed by atoms with van der Waals surface area (Å²) in [7, 11) is 0. The number of halogens is 3. The molecule has 4 heteroatoms. The zero-order valence-electron chi connectivity index (χ0n) is 24.0. The molecule has 0 atom stereocenters. The van der Waals surface area contributed by atoms with Crippen LogP contribution in [0, 0.1) is 0 Å². The zero-order valence-corrected chi connectivity index (χ0v) is 24.8. The van der Waals surface area contributed by atoms with Crippen LogP contribution in [-0.2, 0) is 6.18 Å². The summed E-state index contributed by atoms with van der Waals surface area (Å²) in [4.78, 5) is 0. The van der Waals surface area contributed by atoms with Gasteiger partial charge in [0.1, 0.15) is 0 Å². The van der Waals surface area contributed by atoms with Crippen LogP contribution in [0.25, 0.3) is 75.5 Å². The Morgan fingerprint density at radius 3 is 1.44 bits per heavy atom. The second-order valence-corrected chi connectivity index (χ2v) is 12.3. The average molecular weight is 607 g/mol. The van der Waals surface area contributed by atoms with Crippen molar-refractivity contribution in [2.24, 2.45) is 0 Å². The Hall–Kier alpha value is -5.19. The van der Waals surface area contributed by atoms with Gasteiger partial charge in [-0.05, 0) is 85.6 Å². The van der Waals surface area contributed by atoms with Crippen molar-refractivity contribution in [1.29, 1.82) is 0 Å². The van der Waals surface area contributed by atoms with Crippen LogP contribution in [0.15, 0.2) is 152 Å². The van der Waals surface area contributed by atoms with Crippen LogP contribution in [0.1, 0.15) is 5.56 Å². The minimum Gasteiger partial charge on any atom is -0.166 e. The number of hydrogen-bond acceptors (Lipinski definition) is 1. The number of thiophene rings is 1. The first-order valence-corrected chi connectivity index (χ1v) is 15.6. The van der Waals surface area contributed by atoms with Crippen LogP contribution in [0.5, 0.6) is 0 Å². The third kappa shape index (κ3) is 5.07. The van der Waals surface area contributed by atoms with Crippen LogP contribution in [0.2, 0.25) is 0 Å². The lowest BCUT2D eigenvalue weighted by atomic mass is 9.95. The van der Waals surface area contributed by atoms with E-state index in [-0.39, 0.29) is 0 Å². The summed E-state index contributed by atoms with van der Waals surface area (Å²) in [5.74, 6) is 0. The lowest BCUT2D eigenvalue weighted by Gasteiger charge is -2.10. The maximum absolute atomic E-state index is 12.9. The average Bonchev–Trinajstić information content (AvgIpc) is 3.47. The monoisotopic (exact) mass is 606 g/mol. The molecule has 0 aliphatic carbocycles. The number of fused-ring (bicyclic) bond motifs is 4. The lowest BCUT2D eigenvalue weighted by molar-refractivity contribution is -0.137. The summed E-state index contributed by atoms with van der Waals surface area (Å²) in [5, 5.41) is 4.93. The first-order chi connectivity index (χ1) is 21.9. The molecular weight excluding hydrogens is 582 g/mol. The molecule has 0 unspecified atom stereocenters. The Balaban J connectivity index is 1.04. The molecule has 1 aromatic heterocycles. The molecule has 0 nitrogen and oxygen atoms in total. The van der Waals surface area contributed by atoms with Crippen LogP contribution < -0.4 is 0 Å². The molecule has 0 amide bonds. The molecule has 45 heavy (non-hydrogen) atoms. The van der Waals surface area contributed by atoms with Crippen molar-refractivity contribution in [2.75, 3.05) is 0 Å². The van der Waals surface area contributed by atoms with Gasteiger partial charge in [0.15, 0.2) is 0 Å². The number of rotatable bonds is 4. The highest BCUT2D eigenvalue weighted by Gasteiger charge is 2.30. The summed E-state index contributed by atoms with van der Waals surface area (Å²) in [6.45, 7) is 0. The molecule has 0 aliphatic heterocycles. The van der Waals surface area contributed by atoms with Crippen molar-refractivity contribution in [2.45, 2.75) is 6.18 Å². The fourth-order valence-electron chi connectivity index (χ4n) is 6.13. The Morgan fingerprint density at radius 1 is 0.400 bits per heavy atom. The third-order valence-corrected chi connectivity index (χ3v) is 9.76. The normalized spacial score (nSPS) is 11.9. The molecule has 8 rings (SSSR count). The van der Waals surface area contributed by atoms with E-state index >= 15 is 0 Å². The first-order valence-electron chi connectivity index (χ1n) is 14.7. The van der Waals surface area contributed by atoms with Crippen molar-refractivity contribution in [1.82, 2.24) is 0 Å². The Kier molecular flexibility index (Phi) is 6.54. The minimum atomic E-state index is -4.33. The van der Waals surface area contributed by atoms with E-state index in [4.69, 9.17) is 0 Å². The minimum absolute atomic E-state index is 0.639. The molecule has 0 bridgehead atoms. The van der Waals surface area contributed by atoms with Gasteiger partial charge in [0.05, 0.1) is 5.56 Å². The second kappa shape index (κ2) is 10.8. The topological polar surface area (TPSA) is 0 Å². The van der Waals surface area contributed by atoms with E-state index in [9.17, 15) is 13.2 Å². The molecule has 0 fully saturated rings. The number of alkyl halides is 3.